The summed E-state index contributed by atoms with van der Waals surface area (Å²) in [7, 11) is 0. The highest BCUT2D eigenvalue weighted by molar-refractivity contribution is 5.76. The van der Waals surface area contributed by atoms with Crippen LogP contribution >= 0.6 is 0 Å². The number of aliphatic hydroxyl groups excluding tert-OH is 5. The molecule has 1 aliphatic carbocycles. The normalized spacial score (nSPS) is 20.8. The molecule has 0 bridgehead atoms. The van der Waals surface area contributed by atoms with Crippen LogP contribution in [0.2, 0.25) is 0 Å². The summed E-state index contributed by atoms with van der Waals surface area (Å²) < 4.78 is 0. The third-order valence-corrected chi connectivity index (χ3v) is 10.1. The van der Waals surface area contributed by atoms with Crippen molar-refractivity contribution in [1.82, 2.24) is 10.6 Å². The number of carbonyl (C=O) groups excluding carboxylic acids is 1. The Hall–Kier alpha value is -1.29. The molecule has 0 saturated heterocycles. The standard InChI is InChI=1S/C41H78N2O6/c1-3-5-7-9-11-13-15-17-19-21-23-25-27-29-37(45)36(32-42-35-31-34(33-44)39(47)41(49)40(35)48)43-38(46)30-28-26-24-22-20-18-16-14-12-10-8-6-4-2/h27,29,31,35-37,39-42,44-45,47-49H,3-26,28,30,32-33H2,1-2H3,(H,43,46)/b29-27-/t35-,36+,37-,39-,40+,41+/m1/s1. The van der Waals surface area contributed by atoms with E-state index >= 15 is 0 Å². The Balaban J connectivity index is 2.45. The summed E-state index contributed by atoms with van der Waals surface area (Å²) in [4.78, 5) is 12.9. The first kappa shape index (κ1) is 45.7. The Bertz CT molecular complexity index is 837. The first-order valence-corrected chi connectivity index (χ1v) is 20.6. The van der Waals surface area contributed by atoms with Crippen LogP contribution in [0.5, 0.6) is 0 Å². The lowest BCUT2D eigenvalue weighted by atomic mass is 9.88. The summed E-state index contributed by atoms with van der Waals surface area (Å²) >= 11 is 0. The van der Waals surface area contributed by atoms with Crippen molar-refractivity contribution in [2.75, 3.05) is 13.2 Å². The molecule has 7 N–H and O–H groups in total. The monoisotopic (exact) mass is 695 g/mol. The number of allylic oxidation sites excluding steroid dienone is 1. The Kier molecular flexibility index (Phi) is 29.3. The first-order valence-electron chi connectivity index (χ1n) is 20.6. The molecule has 0 fully saturated rings. The van der Waals surface area contributed by atoms with Gasteiger partial charge in [-0.3, -0.25) is 4.79 Å². The number of carbonyl (C=O) groups is 1. The second-order valence-corrected chi connectivity index (χ2v) is 14.7. The second kappa shape index (κ2) is 31.4. The van der Waals surface area contributed by atoms with Crippen LogP contribution in [0, 0.1) is 0 Å². The maximum atomic E-state index is 12.9. The van der Waals surface area contributed by atoms with E-state index in [0.717, 1.165) is 32.1 Å². The summed E-state index contributed by atoms with van der Waals surface area (Å²) in [5, 5.41) is 57.6. The molecule has 1 amide bonds. The average Bonchev–Trinajstić information content (AvgIpc) is 3.10. The molecule has 1 rings (SSSR count). The molecule has 1 aliphatic rings. The van der Waals surface area contributed by atoms with Crippen LogP contribution in [-0.4, -0.2) is 81.1 Å². The minimum atomic E-state index is -1.44. The number of aliphatic hydroxyl groups is 5. The summed E-state index contributed by atoms with van der Waals surface area (Å²) in [5.41, 5.74) is 0.228. The van der Waals surface area contributed by atoms with Gasteiger partial charge in [-0.1, -0.05) is 173 Å². The van der Waals surface area contributed by atoms with E-state index in [9.17, 15) is 30.3 Å². The SMILES string of the molecule is CCCCCCCCCCCCC/C=C\[C@@H](O)[C@H](CN[C@@H]1C=C(CO)[C@@H](O)[C@H](O)[C@H]1O)NC(=O)CCCCCCCCCCCCCCC. The molecule has 6 atom stereocenters. The van der Waals surface area contributed by atoms with Crippen molar-refractivity contribution >= 4 is 5.91 Å². The molecule has 0 spiro atoms. The van der Waals surface area contributed by atoms with Gasteiger partial charge in [0.05, 0.1) is 24.8 Å². The van der Waals surface area contributed by atoms with E-state index in [1.165, 1.54) is 134 Å². The quantitative estimate of drug-likeness (QED) is 0.0278. The van der Waals surface area contributed by atoms with Crippen LogP contribution in [0.1, 0.15) is 181 Å². The lowest BCUT2D eigenvalue weighted by Gasteiger charge is -2.35. The molecular formula is C41H78N2O6. The Morgan fingerprint density at radius 1 is 0.694 bits per heavy atom. The number of hydrogen-bond acceptors (Lipinski definition) is 7. The predicted octanol–water partition coefficient (Wildman–Crippen LogP) is 7.54. The zero-order valence-electron chi connectivity index (χ0n) is 31.6. The van der Waals surface area contributed by atoms with Gasteiger partial charge in [-0.25, -0.2) is 0 Å². The average molecular weight is 695 g/mol. The van der Waals surface area contributed by atoms with Crippen molar-refractivity contribution in [1.29, 1.82) is 0 Å². The predicted molar refractivity (Wildman–Crippen MR) is 203 cm³/mol. The Morgan fingerprint density at radius 3 is 1.61 bits per heavy atom. The van der Waals surface area contributed by atoms with Gasteiger partial charge in [-0.05, 0) is 24.8 Å². The molecular weight excluding hydrogens is 616 g/mol. The van der Waals surface area contributed by atoms with Gasteiger partial charge in [0.15, 0.2) is 0 Å². The van der Waals surface area contributed by atoms with E-state index in [-0.39, 0.29) is 18.0 Å². The van der Waals surface area contributed by atoms with Crippen molar-refractivity contribution in [3.05, 3.63) is 23.8 Å². The van der Waals surface area contributed by atoms with Crippen molar-refractivity contribution < 1.29 is 30.3 Å². The summed E-state index contributed by atoms with van der Waals surface area (Å²) in [5.74, 6) is -0.112. The van der Waals surface area contributed by atoms with Crippen molar-refractivity contribution in [3.8, 4) is 0 Å². The van der Waals surface area contributed by atoms with Crippen LogP contribution in [0.3, 0.4) is 0 Å². The van der Waals surface area contributed by atoms with Crippen LogP contribution in [0.25, 0.3) is 0 Å². The summed E-state index contributed by atoms with van der Waals surface area (Å²) in [6, 6.07) is -1.38. The maximum Gasteiger partial charge on any atom is 0.220 e. The number of nitrogens with one attached hydrogen (secondary N) is 2. The van der Waals surface area contributed by atoms with Gasteiger partial charge in [0, 0.05) is 13.0 Å². The molecule has 8 nitrogen and oxygen atoms in total. The maximum absolute atomic E-state index is 12.9. The number of hydrogen-bond donors (Lipinski definition) is 7. The van der Waals surface area contributed by atoms with Gasteiger partial charge in [0.25, 0.3) is 0 Å². The van der Waals surface area contributed by atoms with E-state index in [2.05, 4.69) is 24.5 Å². The topological polar surface area (TPSA) is 142 Å². The fourth-order valence-corrected chi connectivity index (χ4v) is 6.77. The van der Waals surface area contributed by atoms with Crippen LogP contribution in [-0.2, 0) is 4.79 Å². The number of amides is 1. The highest BCUT2D eigenvalue weighted by Gasteiger charge is 2.37. The molecule has 0 heterocycles. The van der Waals surface area contributed by atoms with E-state index in [1.807, 2.05) is 6.08 Å². The minimum Gasteiger partial charge on any atom is -0.392 e. The second-order valence-electron chi connectivity index (χ2n) is 14.7. The van der Waals surface area contributed by atoms with Crippen molar-refractivity contribution in [2.24, 2.45) is 0 Å². The molecule has 0 aromatic carbocycles. The van der Waals surface area contributed by atoms with Gasteiger partial charge < -0.3 is 36.2 Å². The van der Waals surface area contributed by atoms with Crippen LogP contribution in [0.15, 0.2) is 23.8 Å². The zero-order chi connectivity index (χ0) is 36.0. The molecule has 0 aliphatic heterocycles. The van der Waals surface area contributed by atoms with Crippen LogP contribution < -0.4 is 10.6 Å². The van der Waals surface area contributed by atoms with Crippen molar-refractivity contribution in [3.63, 3.8) is 0 Å². The highest BCUT2D eigenvalue weighted by Crippen LogP contribution is 2.20. The third-order valence-electron chi connectivity index (χ3n) is 10.1. The van der Waals surface area contributed by atoms with E-state index < -0.39 is 43.1 Å². The number of unbranched alkanes of at least 4 members (excludes halogenated alkanes) is 23. The lowest BCUT2D eigenvalue weighted by molar-refractivity contribution is -0.122. The fraction of sp³-hybridized carbons (Fsp3) is 0.878. The van der Waals surface area contributed by atoms with Crippen molar-refractivity contribution in [2.45, 2.75) is 217 Å². The molecule has 0 aromatic rings. The highest BCUT2D eigenvalue weighted by atomic mass is 16.4. The van der Waals surface area contributed by atoms with E-state index in [0.29, 0.717) is 6.42 Å². The zero-order valence-corrected chi connectivity index (χ0v) is 31.6. The summed E-state index contributed by atoms with van der Waals surface area (Å²) in [6.07, 6.45) is 31.8. The first-order chi connectivity index (χ1) is 23.8. The number of rotatable bonds is 33. The van der Waals surface area contributed by atoms with Gasteiger partial charge in [0.2, 0.25) is 5.91 Å². The molecule has 0 saturated carbocycles. The molecule has 288 valence electrons. The van der Waals surface area contributed by atoms with Gasteiger partial charge in [-0.15, -0.1) is 0 Å². The molecule has 0 unspecified atom stereocenters. The van der Waals surface area contributed by atoms with E-state index in [4.69, 9.17) is 0 Å². The molecule has 8 heteroatoms. The molecule has 49 heavy (non-hydrogen) atoms. The molecule has 0 radical (unpaired) electrons. The minimum absolute atomic E-state index is 0.112. The largest absolute Gasteiger partial charge is 0.392 e. The lowest BCUT2D eigenvalue weighted by Crippen LogP contribution is -2.57. The van der Waals surface area contributed by atoms with Gasteiger partial charge in [-0.2, -0.15) is 0 Å². The third kappa shape index (κ3) is 23.0. The summed E-state index contributed by atoms with van der Waals surface area (Å²) in [6.45, 7) is 4.22. The van der Waals surface area contributed by atoms with Gasteiger partial charge >= 0.3 is 0 Å². The van der Waals surface area contributed by atoms with Gasteiger partial charge in [0.1, 0.15) is 18.3 Å². The fourth-order valence-electron chi connectivity index (χ4n) is 6.77. The Morgan fingerprint density at radius 2 is 1.14 bits per heavy atom. The smallest absolute Gasteiger partial charge is 0.220 e. The van der Waals surface area contributed by atoms with Crippen LogP contribution in [0.4, 0.5) is 0 Å². The Labute approximate surface area is 300 Å². The molecule has 0 aromatic heterocycles. The van der Waals surface area contributed by atoms with E-state index in [1.54, 1.807) is 6.08 Å².